The molecular formula is C12H8N2O2. The molecule has 0 saturated carbocycles. The lowest BCUT2D eigenvalue weighted by Crippen LogP contribution is -2.07. The third-order valence-electron chi connectivity index (χ3n) is 1.90. The molecule has 0 spiro atoms. The molecule has 0 amide bonds. The summed E-state index contributed by atoms with van der Waals surface area (Å²) in [6.45, 7) is 0. The molecule has 0 aliphatic heterocycles. The summed E-state index contributed by atoms with van der Waals surface area (Å²) >= 11 is 0. The smallest absolute Gasteiger partial charge is 0.432 e. The van der Waals surface area contributed by atoms with Crippen molar-refractivity contribution in [3.05, 3.63) is 53.9 Å². The zero-order valence-corrected chi connectivity index (χ0v) is 8.29. The minimum atomic E-state index is -1.12. The predicted molar refractivity (Wildman–Crippen MR) is 58.1 cm³/mol. The second-order valence-electron chi connectivity index (χ2n) is 3.07. The number of nitrogens with zero attached hydrogens (tertiary/aromatic N) is 2. The van der Waals surface area contributed by atoms with Crippen LogP contribution in [-0.4, -0.2) is 21.0 Å². The molecule has 1 N–H and O–H groups in total. The summed E-state index contributed by atoms with van der Waals surface area (Å²) in [5, 5.41) is 12.3. The monoisotopic (exact) mass is 212 g/mol. The van der Waals surface area contributed by atoms with Gasteiger partial charge in [-0.15, -0.1) is 0 Å². The van der Waals surface area contributed by atoms with Gasteiger partial charge in [-0.05, 0) is 12.1 Å². The zero-order chi connectivity index (χ0) is 11.4. The maximum Gasteiger partial charge on any atom is 0.432 e. The molecule has 78 valence electrons. The lowest BCUT2D eigenvalue weighted by Gasteiger charge is -1.86. The molecule has 0 aliphatic rings. The van der Waals surface area contributed by atoms with Gasteiger partial charge in [0.05, 0.1) is 18.0 Å². The average Bonchev–Trinajstić information content (AvgIpc) is 2.76. The predicted octanol–water partition coefficient (Wildman–Crippen LogP) is 1.81. The fourth-order valence-electron chi connectivity index (χ4n) is 1.16. The van der Waals surface area contributed by atoms with E-state index in [1.807, 2.05) is 30.3 Å². The van der Waals surface area contributed by atoms with Crippen molar-refractivity contribution in [3.63, 3.8) is 0 Å². The summed E-state index contributed by atoms with van der Waals surface area (Å²) in [4.78, 5) is 10.5. The molecule has 0 aliphatic carbocycles. The van der Waals surface area contributed by atoms with E-state index in [1.54, 1.807) is 0 Å². The van der Waals surface area contributed by atoms with Crippen molar-refractivity contribution in [2.24, 2.45) is 0 Å². The molecule has 0 unspecified atom stereocenters. The van der Waals surface area contributed by atoms with Crippen molar-refractivity contribution < 1.29 is 9.90 Å². The Morgan fingerprint density at radius 1 is 1.19 bits per heavy atom. The highest BCUT2D eigenvalue weighted by Gasteiger charge is 2.01. The van der Waals surface area contributed by atoms with Crippen LogP contribution in [0.15, 0.2) is 42.7 Å². The van der Waals surface area contributed by atoms with E-state index in [2.05, 4.69) is 16.9 Å². The third kappa shape index (κ3) is 2.28. The highest BCUT2D eigenvalue weighted by molar-refractivity contribution is 5.67. The maximum atomic E-state index is 10.5. The summed E-state index contributed by atoms with van der Waals surface area (Å²) in [5.41, 5.74) is 1.46. The van der Waals surface area contributed by atoms with Crippen LogP contribution in [0, 0.1) is 11.8 Å². The minimum absolute atomic E-state index is 0.575. The quantitative estimate of drug-likeness (QED) is 0.677. The molecule has 1 aromatic carbocycles. The van der Waals surface area contributed by atoms with Crippen molar-refractivity contribution >= 4 is 6.09 Å². The van der Waals surface area contributed by atoms with Crippen LogP contribution in [0.3, 0.4) is 0 Å². The Kier molecular flexibility index (Phi) is 2.70. The second-order valence-corrected chi connectivity index (χ2v) is 3.07. The minimum Gasteiger partial charge on any atom is -0.463 e. The molecule has 2 rings (SSSR count). The molecular weight excluding hydrogens is 204 g/mol. The van der Waals surface area contributed by atoms with Crippen molar-refractivity contribution in [2.45, 2.75) is 0 Å². The van der Waals surface area contributed by atoms with Gasteiger partial charge in [0.25, 0.3) is 0 Å². The number of hydrogen-bond acceptors (Lipinski definition) is 2. The Morgan fingerprint density at radius 3 is 2.50 bits per heavy atom. The first-order valence-electron chi connectivity index (χ1n) is 4.61. The van der Waals surface area contributed by atoms with Crippen molar-refractivity contribution in [3.8, 4) is 11.8 Å². The highest BCUT2D eigenvalue weighted by Crippen LogP contribution is 1.98. The first kappa shape index (κ1) is 9.99. The molecule has 0 bridgehead atoms. The molecule has 0 atom stereocenters. The molecule has 1 aromatic heterocycles. The van der Waals surface area contributed by atoms with E-state index in [1.165, 1.54) is 12.4 Å². The first-order chi connectivity index (χ1) is 7.75. The summed E-state index contributed by atoms with van der Waals surface area (Å²) in [5.74, 6) is 5.76. The van der Waals surface area contributed by atoms with Crippen molar-refractivity contribution in [1.82, 2.24) is 9.78 Å². The zero-order valence-electron chi connectivity index (χ0n) is 8.29. The molecule has 16 heavy (non-hydrogen) atoms. The molecule has 0 fully saturated rings. The van der Waals surface area contributed by atoms with Crippen LogP contribution < -0.4 is 0 Å². The number of aromatic nitrogens is 2. The van der Waals surface area contributed by atoms with Gasteiger partial charge in [0.1, 0.15) is 0 Å². The molecule has 0 saturated heterocycles. The number of hydrogen-bond donors (Lipinski definition) is 1. The number of carboxylic acid groups (broad SMARTS) is 1. The molecule has 1 heterocycles. The van der Waals surface area contributed by atoms with E-state index >= 15 is 0 Å². The van der Waals surface area contributed by atoms with E-state index in [-0.39, 0.29) is 0 Å². The summed E-state index contributed by atoms with van der Waals surface area (Å²) in [7, 11) is 0. The average molecular weight is 212 g/mol. The van der Waals surface area contributed by atoms with E-state index in [9.17, 15) is 4.79 Å². The standard InChI is InChI=1S/C12H8N2O2/c15-12(16)14-9-11(8-13-14)7-6-10-4-2-1-3-5-10/h1-5,8-9H,(H,15,16). The van der Waals surface area contributed by atoms with Gasteiger partial charge >= 0.3 is 6.09 Å². The van der Waals surface area contributed by atoms with Gasteiger partial charge in [0.15, 0.2) is 0 Å². The topological polar surface area (TPSA) is 55.1 Å². The lowest BCUT2D eigenvalue weighted by atomic mass is 10.2. The van der Waals surface area contributed by atoms with Gasteiger partial charge in [-0.25, -0.2) is 4.79 Å². The van der Waals surface area contributed by atoms with E-state index < -0.39 is 6.09 Å². The SMILES string of the molecule is O=C(O)n1cc(C#Cc2ccccc2)cn1. The second kappa shape index (κ2) is 4.32. The Hall–Kier alpha value is -2.54. The summed E-state index contributed by atoms with van der Waals surface area (Å²) in [6, 6.07) is 9.46. The van der Waals surface area contributed by atoms with Crippen LogP contribution in [0.25, 0.3) is 0 Å². The Labute approximate surface area is 92.1 Å². The molecule has 4 heteroatoms. The van der Waals surface area contributed by atoms with Crippen LogP contribution in [0.4, 0.5) is 4.79 Å². The summed E-state index contributed by atoms with van der Waals surface area (Å²) < 4.78 is 0.828. The van der Waals surface area contributed by atoms with Crippen molar-refractivity contribution in [2.75, 3.05) is 0 Å². The Bertz CT molecular complexity index is 561. The van der Waals surface area contributed by atoms with Gasteiger partial charge in [0, 0.05) is 5.56 Å². The van der Waals surface area contributed by atoms with Crippen LogP contribution in [0.1, 0.15) is 11.1 Å². The maximum absolute atomic E-state index is 10.5. The Balaban J connectivity index is 2.21. The summed E-state index contributed by atoms with van der Waals surface area (Å²) in [6.07, 6.45) is 1.68. The number of benzene rings is 1. The van der Waals surface area contributed by atoms with Gasteiger partial charge in [-0.3, -0.25) is 0 Å². The van der Waals surface area contributed by atoms with Crippen LogP contribution in [0.2, 0.25) is 0 Å². The van der Waals surface area contributed by atoms with Gasteiger partial charge in [-0.2, -0.15) is 9.78 Å². The van der Waals surface area contributed by atoms with E-state index in [0.717, 1.165) is 10.2 Å². The molecule has 2 aromatic rings. The molecule has 4 nitrogen and oxygen atoms in total. The molecule has 0 radical (unpaired) electrons. The number of rotatable bonds is 0. The Morgan fingerprint density at radius 2 is 1.88 bits per heavy atom. The van der Waals surface area contributed by atoms with Gasteiger partial charge in [0.2, 0.25) is 0 Å². The fourth-order valence-corrected chi connectivity index (χ4v) is 1.16. The van der Waals surface area contributed by atoms with Crippen LogP contribution in [-0.2, 0) is 0 Å². The van der Waals surface area contributed by atoms with E-state index in [0.29, 0.717) is 5.56 Å². The van der Waals surface area contributed by atoms with E-state index in [4.69, 9.17) is 5.11 Å². The van der Waals surface area contributed by atoms with Gasteiger partial charge in [-0.1, -0.05) is 30.0 Å². The number of carbonyl (C=O) groups is 1. The fraction of sp³-hybridized carbons (Fsp3) is 0. The first-order valence-corrected chi connectivity index (χ1v) is 4.61. The highest BCUT2D eigenvalue weighted by atomic mass is 16.4. The van der Waals surface area contributed by atoms with Crippen molar-refractivity contribution in [1.29, 1.82) is 0 Å². The van der Waals surface area contributed by atoms with Crippen LogP contribution in [0.5, 0.6) is 0 Å². The lowest BCUT2D eigenvalue weighted by molar-refractivity contribution is 0.192. The normalized spacial score (nSPS) is 9.25. The van der Waals surface area contributed by atoms with Crippen LogP contribution >= 0.6 is 0 Å². The van der Waals surface area contributed by atoms with Gasteiger partial charge < -0.3 is 5.11 Å². The largest absolute Gasteiger partial charge is 0.463 e. The third-order valence-corrected chi connectivity index (χ3v) is 1.90.